The molecule has 0 radical (unpaired) electrons. The van der Waals surface area contributed by atoms with Crippen LogP contribution in [0.15, 0.2) is 18.3 Å². The fourth-order valence-electron chi connectivity index (χ4n) is 3.59. The van der Waals surface area contributed by atoms with Crippen LogP contribution in [0.1, 0.15) is 76.0 Å². The van der Waals surface area contributed by atoms with E-state index in [1.165, 1.54) is 17.1 Å². The smallest absolute Gasteiger partial charge is 0.337 e. The van der Waals surface area contributed by atoms with Gasteiger partial charge in [0.05, 0.1) is 15.4 Å². The van der Waals surface area contributed by atoms with Crippen LogP contribution < -0.4 is 0 Å². The number of aromatic nitrogens is 1. The number of carboxylic acid groups (broad SMARTS) is 1. The Morgan fingerprint density at radius 2 is 2.07 bits per heavy atom. The van der Waals surface area contributed by atoms with Crippen molar-refractivity contribution in [1.82, 2.24) is 4.37 Å². The summed E-state index contributed by atoms with van der Waals surface area (Å²) in [5.74, 6) is -0.940. The molecule has 0 fully saturated rings. The van der Waals surface area contributed by atoms with Crippen molar-refractivity contribution in [2.75, 3.05) is 0 Å². The second kappa shape index (κ2) is 7.73. The van der Waals surface area contributed by atoms with Gasteiger partial charge in [-0.25, -0.2) is 9.17 Å². The van der Waals surface area contributed by atoms with Gasteiger partial charge in [0.2, 0.25) is 0 Å². The molecule has 3 rings (SSSR count). The largest absolute Gasteiger partial charge is 0.479 e. The zero-order chi connectivity index (χ0) is 20.7. The van der Waals surface area contributed by atoms with Crippen LogP contribution in [-0.4, -0.2) is 21.1 Å². The van der Waals surface area contributed by atoms with E-state index >= 15 is 0 Å². The number of thiophene rings is 1. The van der Waals surface area contributed by atoms with Gasteiger partial charge in [0.1, 0.15) is 0 Å². The number of hydrogen-bond donors (Lipinski definition) is 1. The minimum absolute atomic E-state index is 0.285. The Morgan fingerprint density at radius 1 is 1.36 bits per heavy atom. The summed E-state index contributed by atoms with van der Waals surface area (Å²) >= 11 is 3.10. The summed E-state index contributed by atoms with van der Waals surface area (Å²) in [5, 5.41) is 10.0. The molecule has 0 aliphatic heterocycles. The van der Waals surface area contributed by atoms with Crippen molar-refractivity contribution in [3.8, 4) is 9.75 Å². The Hall–Kier alpha value is -1.50. The Morgan fingerprint density at radius 3 is 2.57 bits per heavy atom. The fraction of sp³-hybridized carbons (Fsp3) is 0.545. The van der Waals surface area contributed by atoms with E-state index < -0.39 is 17.7 Å². The number of rotatable bonds is 5. The van der Waals surface area contributed by atoms with E-state index in [4.69, 9.17) is 4.74 Å². The molecule has 1 aliphatic rings. The highest BCUT2D eigenvalue weighted by molar-refractivity contribution is 7.20. The lowest BCUT2D eigenvalue weighted by Crippen LogP contribution is -2.28. The third-order valence-corrected chi connectivity index (χ3v) is 7.09. The number of aliphatic carboxylic acids is 1. The highest BCUT2D eigenvalue weighted by Crippen LogP contribution is 2.49. The number of carbonyl (C=O) groups is 1. The van der Waals surface area contributed by atoms with Gasteiger partial charge in [-0.1, -0.05) is 19.9 Å². The molecule has 0 bridgehead atoms. The van der Waals surface area contributed by atoms with Crippen molar-refractivity contribution >= 4 is 34.4 Å². The van der Waals surface area contributed by atoms with Gasteiger partial charge in [0.25, 0.3) is 0 Å². The molecule has 2 aromatic heterocycles. The first-order valence-corrected chi connectivity index (χ1v) is 11.2. The number of aryl methyl sites for hydroxylation is 1. The van der Waals surface area contributed by atoms with Crippen molar-refractivity contribution in [2.45, 2.75) is 72.5 Å². The molecule has 0 saturated carbocycles. The third-order valence-electron chi connectivity index (χ3n) is 5.04. The van der Waals surface area contributed by atoms with Crippen LogP contribution in [0.25, 0.3) is 15.3 Å². The lowest BCUT2D eigenvalue weighted by molar-refractivity contribution is -0.160. The van der Waals surface area contributed by atoms with E-state index in [9.17, 15) is 9.90 Å². The summed E-state index contributed by atoms with van der Waals surface area (Å²) in [6.07, 6.45) is 6.16. The van der Waals surface area contributed by atoms with Gasteiger partial charge in [0.15, 0.2) is 6.10 Å². The zero-order valence-electron chi connectivity index (χ0n) is 17.5. The summed E-state index contributed by atoms with van der Waals surface area (Å²) < 4.78 is 10.3. The van der Waals surface area contributed by atoms with Gasteiger partial charge >= 0.3 is 5.97 Å². The van der Waals surface area contributed by atoms with Crippen LogP contribution in [0, 0.1) is 12.3 Å². The topological polar surface area (TPSA) is 59.4 Å². The standard InChI is InChI=1S/C22H29NO3S2/c1-13-16(18(20(24)25)26-21(2,3)4)17(14-7-10-22(5,6)11-8-14)19(27-13)15-9-12-23-28-15/h7,9,12,18H,8,10-11H2,1-6H3,(H,24,25). The highest BCUT2D eigenvalue weighted by Gasteiger charge is 2.35. The van der Waals surface area contributed by atoms with E-state index in [0.717, 1.165) is 45.0 Å². The van der Waals surface area contributed by atoms with Crippen LogP contribution in [0.5, 0.6) is 0 Å². The molecule has 4 nitrogen and oxygen atoms in total. The highest BCUT2D eigenvalue weighted by atomic mass is 32.1. The molecule has 6 heteroatoms. The van der Waals surface area contributed by atoms with Crippen molar-refractivity contribution in [2.24, 2.45) is 5.41 Å². The molecule has 0 spiro atoms. The SMILES string of the molecule is Cc1sc(-c2ccns2)c(C2=CCC(C)(C)CC2)c1C(OC(C)(C)C)C(=O)O. The second-order valence-electron chi connectivity index (χ2n) is 9.20. The molecule has 0 aromatic carbocycles. The number of ether oxygens (including phenoxy) is 1. The van der Waals surface area contributed by atoms with Gasteiger partial charge in [-0.05, 0) is 75.5 Å². The van der Waals surface area contributed by atoms with Crippen molar-refractivity contribution in [3.05, 3.63) is 34.3 Å². The van der Waals surface area contributed by atoms with Crippen LogP contribution in [0.3, 0.4) is 0 Å². The molecule has 1 aliphatic carbocycles. The number of hydrogen-bond acceptors (Lipinski definition) is 5. The first-order chi connectivity index (χ1) is 13.0. The quantitative estimate of drug-likeness (QED) is 0.585. The number of nitrogens with zero attached hydrogens (tertiary/aromatic N) is 1. The van der Waals surface area contributed by atoms with E-state index in [1.54, 1.807) is 17.5 Å². The Bertz CT molecular complexity index is 886. The molecule has 1 N–H and O–H groups in total. The van der Waals surface area contributed by atoms with Gasteiger partial charge in [-0.2, -0.15) is 0 Å². The Labute approximate surface area is 175 Å². The van der Waals surface area contributed by atoms with Crippen molar-refractivity contribution < 1.29 is 14.6 Å². The van der Waals surface area contributed by atoms with Gasteiger partial charge in [-0.3, -0.25) is 0 Å². The Balaban J connectivity index is 2.19. The molecule has 1 unspecified atom stereocenters. The molecule has 152 valence electrons. The average Bonchev–Trinajstić information content (AvgIpc) is 3.19. The molecule has 1 atom stereocenters. The number of allylic oxidation sites excluding steroid dienone is 2. The molecule has 0 amide bonds. The normalized spacial score (nSPS) is 18.0. The van der Waals surface area contributed by atoms with Crippen LogP contribution in [-0.2, 0) is 9.53 Å². The number of carboxylic acids is 1. The van der Waals surface area contributed by atoms with E-state index in [1.807, 2.05) is 33.8 Å². The molecular formula is C22H29NO3S2. The zero-order valence-corrected chi connectivity index (χ0v) is 19.1. The lowest BCUT2D eigenvalue weighted by atomic mass is 9.76. The molecule has 28 heavy (non-hydrogen) atoms. The summed E-state index contributed by atoms with van der Waals surface area (Å²) in [7, 11) is 0. The first kappa shape index (κ1) is 21.2. The molecule has 2 heterocycles. The minimum Gasteiger partial charge on any atom is -0.479 e. The molecular weight excluding hydrogens is 390 g/mol. The Kier molecular flexibility index (Phi) is 5.86. The summed E-state index contributed by atoms with van der Waals surface area (Å²) in [6, 6.07) is 2.01. The molecule has 0 saturated heterocycles. The van der Waals surface area contributed by atoms with Gasteiger partial charge in [-0.15, -0.1) is 11.3 Å². The van der Waals surface area contributed by atoms with E-state index in [2.05, 4.69) is 24.3 Å². The summed E-state index contributed by atoms with van der Waals surface area (Å²) in [5.41, 5.74) is 2.84. The predicted molar refractivity (Wildman–Crippen MR) is 117 cm³/mol. The molecule has 2 aromatic rings. The maximum Gasteiger partial charge on any atom is 0.337 e. The monoisotopic (exact) mass is 419 g/mol. The van der Waals surface area contributed by atoms with E-state index in [-0.39, 0.29) is 5.41 Å². The van der Waals surface area contributed by atoms with Crippen LogP contribution in [0.4, 0.5) is 0 Å². The van der Waals surface area contributed by atoms with Gasteiger partial charge in [0, 0.05) is 22.2 Å². The minimum atomic E-state index is -0.983. The van der Waals surface area contributed by atoms with Crippen molar-refractivity contribution in [1.29, 1.82) is 0 Å². The summed E-state index contributed by atoms with van der Waals surface area (Å²) in [4.78, 5) is 15.4. The maximum atomic E-state index is 12.2. The maximum absolute atomic E-state index is 12.2. The van der Waals surface area contributed by atoms with E-state index in [0.29, 0.717) is 0 Å². The third kappa shape index (κ3) is 4.56. The average molecular weight is 420 g/mol. The van der Waals surface area contributed by atoms with Crippen LogP contribution >= 0.6 is 22.9 Å². The van der Waals surface area contributed by atoms with Gasteiger partial charge < -0.3 is 9.84 Å². The van der Waals surface area contributed by atoms with Crippen LogP contribution in [0.2, 0.25) is 0 Å². The summed E-state index contributed by atoms with van der Waals surface area (Å²) in [6.45, 7) is 12.3. The van der Waals surface area contributed by atoms with Crippen molar-refractivity contribution in [3.63, 3.8) is 0 Å². The lowest BCUT2D eigenvalue weighted by Gasteiger charge is -2.30. The first-order valence-electron chi connectivity index (χ1n) is 9.63. The predicted octanol–water partition coefficient (Wildman–Crippen LogP) is 6.71. The fourth-order valence-corrected chi connectivity index (χ4v) is 5.50. The second-order valence-corrected chi connectivity index (χ2v) is 11.3.